The zero-order chi connectivity index (χ0) is 14.0. The number of anilines is 1. The highest BCUT2D eigenvalue weighted by Gasteiger charge is 2.21. The van der Waals surface area contributed by atoms with Crippen molar-refractivity contribution in [2.75, 3.05) is 12.8 Å². The van der Waals surface area contributed by atoms with Crippen LogP contribution in [0.2, 0.25) is 5.02 Å². The SMILES string of the molecule is C[C@@H](c1ccccc1Cl)N(C)C(=O)c1cnc(N)s1. The van der Waals surface area contributed by atoms with E-state index in [-0.39, 0.29) is 11.9 Å². The predicted molar refractivity (Wildman–Crippen MR) is 78.5 cm³/mol. The number of halogens is 1. The highest BCUT2D eigenvalue weighted by Crippen LogP contribution is 2.28. The molecule has 4 nitrogen and oxygen atoms in total. The monoisotopic (exact) mass is 295 g/mol. The molecule has 1 aromatic heterocycles. The van der Waals surface area contributed by atoms with E-state index >= 15 is 0 Å². The molecular formula is C13H14ClN3OS. The van der Waals surface area contributed by atoms with E-state index in [2.05, 4.69) is 4.98 Å². The van der Waals surface area contributed by atoms with Crippen molar-refractivity contribution in [3.8, 4) is 0 Å². The second-order valence-electron chi connectivity index (χ2n) is 4.18. The number of carbonyl (C=O) groups excluding carboxylic acids is 1. The van der Waals surface area contributed by atoms with E-state index in [0.717, 1.165) is 5.56 Å². The molecule has 0 bridgehead atoms. The van der Waals surface area contributed by atoms with Gasteiger partial charge in [-0.2, -0.15) is 0 Å². The number of nitrogens with zero attached hydrogens (tertiary/aromatic N) is 2. The maximum Gasteiger partial charge on any atom is 0.265 e. The summed E-state index contributed by atoms with van der Waals surface area (Å²) in [4.78, 5) is 18.3. The molecular weight excluding hydrogens is 282 g/mol. The smallest absolute Gasteiger partial charge is 0.265 e. The predicted octanol–water partition coefficient (Wildman–Crippen LogP) is 3.21. The van der Waals surface area contributed by atoms with E-state index in [0.29, 0.717) is 15.0 Å². The van der Waals surface area contributed by atoms with Crippen molar-refractivity contribution < 1.29 is 4.79 Å². The molecule has 0 aliphatic heterocycles. The van der Waals surface area contributed by atoms with Gasteiger partial charge in [0.25, 0.3) is 5.91 Å². The van der Waals surface area contributed by atoms with Crippen LogP contribution in [0.3, 0.4) is 0 Å². The lowest BCUT2D eigenvalue weighted by Crippen LogP contribution is -2.29. The lowest BCUT2D eigenvalue weighted by atomic mass is 10.1. The fraction of sp³-hybridized carbons (Fsp3) is 0.231. The maximum absolute atomic E-state index is 12.3. The van der Waals surface area contributed by atoms with Crippen LogP contribution < -0.4 is 5.73 Å². The van der Waals surface area contributed by atoms with E-state index in [1.165, 1.54) is 17.5 Å². The third kappa shape index (κ3) is 2.88. The molecule has 2 aromatic rings. The Kier molecular flexibility index (Phi) is 4.07. The summed E-state index contributed by atoms with van der Waals surface area (Å²) in [6.07, 6.45) is 1.50. The summed E-state index contributed by atoms with van der Waals surface area (Å²) in [5, 5.41) is 1.04. The van der Waals surface area contributed by atoms with Crippen molar-refractivity contribution >= 4 is 34.0 Å². The first-order chi connectivity index (χ1) is 9.00. The molecule has 2 rings (SSSR count). The Morgan fingerprint density at radius 3 is 2.74 bits per heavy atom. The van der Waals surface area contributed by atoms with Gasteiger partial charge in [-0.05, 0) is 18.6 Å². The minimum atomic E-state index is -0.121. The molecule has 0 radical (unpaired) electrons. The van der Waals surface area contributed by atoms with Gasteiger partial charge < -0.3 is 10.6 Å². The number of nitrogen functional groups attached to an aromatic ring is 1. The van der Waals surface area contributed by atoms with Crippen LogP contribution in [0.4, 0.5) is 5.13 Å². The lowest BCUT2D eigenvalue weighted by Gasteiger charge is -2.25. The van der Waals surface area contributed by atoms with E-state index in [4.69, 9.17) is 17.3 Å². The molecule has 1 amide bonds. The molecule has 1 atom stereocenters. The Labute approximate surface area is 120 Å². The average Bonchev–Trinajstić information content (AvgIpc) is 2.83. The third-order valence-electron chi connectivity index (χ3n) is 2.99. The number of aromatic nitrogens is 1. The van der Waals surface area contributed by atoms with Crippen LogP contribution in [0.15, 0.2) is 30.5 Å². The molecule has 2 N–H and O–H groups in total. The average molecular weight is 296 g/mol. The van der Waals surface area contributed by atoms with Crippen LogP contribution >= 0.6 is 22.9 Å². The molecule has 19 heavy (non-hydrogen) atoms. The summed E-state index contributed by atoms with van der Waals surface area (Å²) in [7, 11) is 1.74. The number of carbonyl (C=O) groups is 1. The van der Waals surface area contributed by atoms with E-state index in [9.17, 15) is 4.79 Å². The Balaban J connectivity index is 2.22. The fourth-order valence-corrected chi connectivity index (χ4v) is 2.72. The number of hydrogen-bond acceptors (Lipinski definition) is 4. The Bertz CT molecular complexity index is 599. The van der Waals surface area contributed by atoms with E-state index < -0.39 is 0 Å². The first kappa shape index (κ1) is 13.8. The van der Waals surface area contributed by atoms with Crippen LogP contribution in [-0.4, -0.2) is 22.8 Å². The highest BCUT2D eigenvalue weighted by atomic mass is 35.5. The van der Waals surface area contributed by atoms with Gasteiger partial charge in [-0.1, -0.05) is 41.1 Å². The molecule has 1 aromatic carbocycles. The van der Waals surface area contributed by atoms with E-state index in [1.54, 1.807) is 11.9 Å². The van der Waals surface area contributed by atoms with Crippen LogP contribution in [0.1, 0.15) is 28.2 Å². The van der Waals surface area contributed by atoms with Gasteiger partial charge in [0.2, 0.25) is 0 Å². The number of benzene rings is 1. The summed E-state index contributed by atoms with van der Waals surface area (Å²) in [5.41, 5.74) is 6.46. The van der Waals surface area contributed by atoms with Gasteiger partial charge >= 0.3 is 0 Å². The molecule has 0 saturated carbocycles. The van der Waals surface area contributed by atoms with Crippen LogP contribution in [0, 0.1) is 0 Å². The van der Waals surface area contributed by atoms with E-state index in [1.807, 2.05) is 31.2 Å². The minimum Gasteiger partial charge on any atom is -0.375 e. The van der Waals surface area contributed by atoms with Crippen LogP contribution in [0.5, 0.6) is 0 Å². The molecule has 0 fully saturated rings. The van der Waals surface area contributed by atoms with Crippen LogP contribution in [0.25, 0.3) is 0 Å². The molecule has 0 unspecified atom stereocenters. The van der Waals surface area contributed by atoms with Crippen molar-refractivity contribution in [2.24, 2.45) is 0 Å². The van der Waals surface area contributed by atoms with Gasteiger partial charge in [0, 0.05) is 12.1 Å². The number of rotatable bonds is 3. The van der Waals surface area contributed by atoms with Crippen LogP contribution in [-0.2, 0) is 0 Å². The van der Waals surface area contributed by atoms with Gasteiger partial charge in [0.1, 0.15) is 4.88 Å². The number of hydrogen-bond donors (Lipinski definition) is 1. The zero-order valence-electron chi connectivity index (χ0n) is 10.6. The van der Waals surface area contributed by atoms with Crippen molar-refractivity contribution in [2.45, 2.75) is 13.0 Å². The van der Waals surface area contributed by atoms with Crippen molar-refractivity contribution in [3.63, 3.8) is 0 Å². The second kappa shape index (κ2) is 5.59. The van der Waals surface area contributed by atoms with Crippen molar-refractivity contribution in [1.82, 2.24) is 9.88 Å². The minimum absolute atomic E-state index is 0.110. The number of nitrogens with two attached hydrogens (primary N) is 1. The fourth-order valence-electron chi connectivity index (χ4n) is 1.76. The molecule has 6 heteroatoms. The first-order valence-corrected chi connectivity index (χ1v) is 6.93. The lowest BCUT2D eigenvalue weighted by molar-refractivity contribution is 0.0747. The third-order valence-corrected chi connectivity index (χ3v) is 4.15. The highest BCUT2D eigenvalue weighted by molar-refractivity contribution is 7.17. The second-order valence-corrected chi connectivity index (χ2v) is 5.65. The normalized spacial score (nSPS) is 12.2. The Morgan fingerprint density at radius 1 is 1.47 bits per heavy atom. The van der Waals surface area contributed by atoms with Gasteiger partial charge in [0.15, 0.2) is 5.13 Å². The van der Waals surface area contributed by atoms with Gasteiger partial charge in [-0.25, -0.2) is 4.98 Å². The number of thiazole rings is 1. The maximum atomic E-state index is 12.3. The topological polar surface area (TPSA) is 59.2 Å². The van der Waals surface area contributed by atoms with Crippen molar-refractivity contribution in [3.05, 3.63) is 45.9 Å². The summed E-state index contributed by atoms with van der Waals surface area (Å²) >= 11 is 7.33. The van der Waals surface area contributed by atoms with Gasteiger partial charge in [0.05, 0.1) is 12.2 Å². The molecule has 100 valence electrons. The summed E-state index contributed by atoms with van der Waals surface area (Å²) in [6.45, 7) is 1.93. The molecule has 0 aliphatic carbocycles. The molecule has 0 aliphatic rings. The van der Waals surface area contributed by atoms with Crippen molar-refractivity contribution in [1.29, 1.82) is 0 Å². The first-order valence-electron chi connectivity index (χ1n) is 5.73. The molecule has 1 heterocycles. The summed E-state index contributed by atoms with van der Waals surface area (Å²) in [6, 6.07) is 7.38. The molecule has 0 spiro atoms. The standard InChI is InChI=1S/C13H14ClN3OS/c1-8(9-5-3-4-6-10(9)14)17(2)12(18)11-7-16-13(15)19-11/h3-8H,1-2H3,(H2,15,16)/t8-/m0/s1. The van der Waals surface area contributed by atoms with Gasteiger partial charge in [-0.15, -0.1) is 0 Å². The number of amides is 1. The summed E-state index contributed by atoms with van der Waals surface area (Å²) < 4.78 is 0. The summed E-state index contributed by atoms with van der Waals surface area (Å²) in [5.74, 6) is -0.110. The Morgan fingerprint density at radius 2 is 2.16 bits per heavy atom. The zero-order valence-corrected chi connectivity index (χ0v) is 12.2. The Hall–Kier alpha value is -1.59. The molecule has 0 saturated heterocycles. The van der Waals surface area contributed by atoms with Gasteiger partial charge in [-0.3, -0.25) is 4.79 Å². The largest absolute Gasteiger partial charge is 0.375 e. The quantitative estimate of drug-likeness (QED) is 0.946.